The number of carbonyl (C=O) groups excluding carboxylic acids is 1. The van der Waals surface area contributed by atoms with Gasteiger partial charge in [-0.1, -0.05) is 18.2 Å². The van der Waals surface area contributed by atoms with Crippen molar-refractivity contribution in [1.29, 1.82) is 0 Å². The topological polar surface area (TPSA) is 78.9 Å². The van der Waals surface area contributed by atoms with E-state index in [1.54, 1.807) is 4.90 Å². The van der Waals surface area contributed by atoms with E-state index in [1.165, 1.54) is 0 Å². The Labute approximate surface area is 122 Å². The van der Waals surface area contributed by atoms with E-state index in [9.17, 15) is 9.59 Å². The molecule has 6 nitrogen and oxygen atoms in total. The van der Waals surface area contributed by atoms with Gasteiger partial charge in [-0.05, 0) is 24.5 Å². The quantitative estimate of drug-likeness (QED) is 0.859. The van der Waals surface area contributed by atoms with Gasteiger partial charge in [0.25, 0.3) is 0 Å². The van der Waals surface area contributed by atoms with E-state index in [0.717, 1.165) is 24.1 Å². The van der Waals surface area contributed by atoms with Crippen LogP contribution in [0.4, 0.5) is 10.5 Å². The maximum atomic E-state index is 12.5. The van der Waals surface area contributed by atoms with E-state index >= 15 is 0 Å². The molecular weight excluding hydrogens is 272 g/mol. The molecule has 2 amide bonds. The molecule has 0 bridgehead atoms. The summed E-state index contributed by atoms with van der Waals surface area (Å²) in [6, 6.07) is 7.10. The summed E-state index contributed by atoms with van der Waals surface area (Å²) in [6.45, 7) is 1.04. The first-order chi connectivity index (χ1) is 10.2. The Morgan fingerprint density at radius 2 is 2.10 bits per heavy atom. The van der Waals surface area contributed by atoms with Crippen molar-refractivity contribution in [3.63, 3.8) is 0 Å². The van der Waals surface area contributed by atoms with Crippen LogP contribution in [0.15, 0.2) is 24.3 Å². The number of carboxylic acids is 1. The largest absolute Gasteiger partial charge is 0.481 e. The van der Waals surface area contributed by atoms with E-state index in [2.05, 4.69) is 5.32 Å². The number of benzene rings is 1. The van der Waals surface area contributed by atoms with Crippen LogP contribution in [-0.2, 0) is 16.0 Å². The van der Waals surface area contributed by atoms with E-state index in [1.807, 2.05) is 24.3 Å². The third kappa shape index (κ3) is 2.71. The predicted octanol–water partition coefficient (Wildman–Crippen LogP) is 1.25. The number of amides is 2. The number of para-hydroxylation sites is 1. The van der Waals surface area contributed by atoms with Crippen molar-refractivity contribution < 1.29 is 19.4 Å². The molecule has 2 unspecified atom stereocenters. The molecule has 3 rings (SSSR count). The van der Waals surface area contributed by atoms with Crippen LogP contribution >= 0.6 is 0 Å². The van der Waals surface area contributed by atoms with Gasteiger partial charge in [0.15, 0.2) is 0 Å². The number of carbonyl (C=O) groups is 2. The van der Waals surface area contributed by atoms with Crippen molar-refractivity contribution in [2.24, 2.45) is 5.92 Å². The van der Waals surface area contributed by atoms with Gasteiger partial charge in [-0.3, -0.25) is 9.69 Å². The number of rotatable bonds is 2. The number of anilines is 1. The molecular formula is C15H18N2O4. The van der Waals surface area contributed by atoms with Gasteiger partial charge in [0.1, 0.15) is 5.92 Å². The second-order valence-corrected chi connectivity index (χ2v) is 5.42. The Kier molecular flexibility index (Phi) is 3.79. The third-order valence-corrected chi connectivity index (χ3v) is 4.06. The molecule has 1 saturated heterocycles. The molecule has 112 valence electrons. The number of aliphatic carboxylic acids is 1. The zero-order valence-corrected chi connectivity index (χ0v) is 11.6. The van der Waals surface area contributed by atoms with E-state index < -0.39 is 17.9 Å². The number of fused-ring (bicyclic) bond motifs is 1. The molecule has 2 atom stereocenters. The maximum absolute atomic E-state index is 12.5. The number of aryl methyl sites for hydroxylation is 1. The number of urea groups is 1. The second kappa shape index (κ2) is 5.73. The summed E-state index contributed by atoms with van der Waals surface area (Å²) >= 11 is 0. The molecule has 2 heterocycles. The smallest absolute Gasteiger partial charge is 0.322 e. The average Bonchev–Trinajstić information content (AvgIpc) is 2.95. The van der Waals surface area contributed by atoms with Crippen LogP contribution in [0.3, 0.4) is 0 Å². The van der Waals surface area contributed by atoms with Gasteiger partial charge in [0.05, 0.1) is 19.3 Å². The zero-order valence-electron chi connectivity index (χ0n) is 11.6. The molecule has 0 radical (unpaired) electrons. The first-order valence-corrected chi connectivity index (χ1v) is 7.13. The van der Waals surface area contributed by atoms with Crippen LogP contribution < -0.4 is 10.2 Å². The molecule has 1 aromatic carbocycles. The summed E-state index contributed by atoms with van der Waals surface area (Å²) < 4.78 is 5.17. The highest BCUT2D eigenvalue weighted by molar-refractivity contribution is 5.93. The van der Waals surface area contributed by atoms with Crippen LogP contribution in [0.2, 0.25) is 0 Å². The summed E-state index contributed by atoms with van der Waals surface area (Å²) in [7, 11) is 0. The summed E-state index contributed by atoms with van der Waals surface area (Å²) in [6.07, 6.45) is 1.87. The lowest BCUT2D eigenvalue weighted by atomic mass is 10.0. The first-order valence-electron chi connectivity index (χ1n) is 7.13. The minimum absolute atomic E-state index is 0.150. The van der Waals surface area contributed by atoms with E-state index in [-0.39, 0.29) is 19.2 Å². The Morgan fingerprint density at radius 3 is 2.90 bits per heavy atom. The molecule has 6 heteroatoms. The van der Waals surface area contributed by atoms with Crippen molar-refractivity contribution in [3.8, 4) is 0 Å². The van der Waals surface area contributed by atoms with Crippen LogP contribution in [0.5, 0.6) is 0 Å². The van der Waals surface area contributed by atoms with Gasteiger partial charge in [0, 0.05) is 12.2 Å². The fraction of sp³-hybridized carbons (Fsp3) is 0.467. The minimum Gasteiger partial charge on any atom is -0.481 e. The van der Waals surface area contributed by atoms with Gasteiger partial charge in [-0.15, -0.1) is 0 Å². The van der Waals surface area contributed by atoms with Crippen molar-refractivity contribution >= 4 is 17.7 Å². The van der Waals surface area contributed by atoms with Gasteiger partial charge < -0.3 is 15.2 Å². The minimum atomic E-state index is -0.933. The Balaban J connectivity index is 1.73. The fourth-order valence-electron chi connectivity index (χ4n) is 2.92. The predicted molar refractivity (Wildman–Crippen MR) is 76.4 cm³/mol. The number of nitrogens with zero attached hydrogens (tertiary/aromatic N) is 1. The number of ether oxygens (including phenoxy) is 1. The highest BCUT2D eigenvalue weighted by Gasteiger charge is 2.36. The summed E-state index contributed by atoms with van der Waals surface area (Å²) in [5.74, 6) is -1.61. The Bertz CT molecular complexity index is 560. The highest BCUT2D eigenvalue weighted by atomic mass is 16.5. The first kappa shape index (κ1) is 13.9. The SMILES string of the molecule is O=C(O)C1COCC1NC(=O)N1CCCc2ccccc21. The lowest BCUT2D eigenvalue weighted by Crippen LogP contribution is -2.50. The number of hydrogen-bond donors (Lipinski definition) is 2. The van der Waals surface area contributed by atoms with Gasteiger partial charge in [-0.2, -0.15) is 0 Å². The normalized spacial score (nSPS) is 24.5. The fourth-order valence-corrected chi connectivity index (χ4v) is 2.92. The standard InChI is InChI=1S/C15H18N2O4/c18-14(19)11-8-21-9-12(11)16-15(20)17-7-3-5-10-4-1-2-6-13(10)17/h1-2,4,6,11-12H,3,5,7-9H2,(H,16,20)(H,18,19). The van der Waals surface area contributed by atoms with Crippen LogP contribution in [0, 0.1) is 5.92 Å². The monoisotopic (exact) mass is 290 g/mol. The highest BCUT2D eigenvalue weighted by Crippen LogP contribution is 2.27. The summed E-state index contributed by atoms with van der Waals surface area (Å²) in [5, 5.41) is 11.9. The van der Waals surface area contributed by atoms with Gasteiger partial charge >= 0.3 is 12.0 Å². The molecule has 1 aromatic rings. The van der Waals surface area contributed by atoms with Crippen molar-refractivity contribution in [3.05, 3.63) is 29.8 Å². The summed E-state index contributed by atoms with van der Waals surface area (Å²) in [5.41, 5.74) is 2.06. The zero-order chi connectivity index (χ0) is 14.8. The van der Waals surface area contributed by atoms with Crippen molar-refractivity contribution in [1.82, 2.24) is 5.32 Å². The number of nitrogens with one attached hydrogen (secondary N) is 1. The van der Waals surface area contributed by atoms with Crippen molar-refractivity contribution in [2.75, 3.05) is 24.7 Å². The van der Waals surface area contributed by atoms with Crippen molar-refractivity contribution in [2.45, 2.75) is 18.9 Å². The van der Waals surface area contributed by atoms with Crippen LogP contribution in [-0.4, -0.2) is 42.9 Å². The summed E-state index contributed by atoms with van der Waals surface area (Å²) in [4.78, 5) is 25.3. The Morgan fingerprint density at radius 1 is 1.29 bits per heavy atom. The Hall–Kier alpha value is -2.08. The molecule has 21 heavy (non-hydrogen) atoms. The molecule has 0 spiro atoms. The average molecular weight is 290 g/mol. The lowest BCUT2D eigenvalue weighted by Gasteiger charge is -2.31. The number of hydrogen-bond acceptors (Lipinski definition) is 3. The van der Waals surface area contributed by atoms with E-state index in [4.69, 9.17) is 9.84 Å². The molecule has 2 N–H and O–H groups in total. The van der Waals surface area contributed by atoms with Crippen LogP contribution in [0.1, 0.15) is 12.0 Å². The van der Waals surface area contributed by atoms with Gasteiger partial charge in [0.2, 0.25) is 0 Å². The maximum Gasteiger partial charge on any atom is 0.322 e. The van der Waals surface area contributed by atoms with E-state index in [0.29, 0.717) is 6.54 Å². The molecule has 2 aliphatic heterocycles. The van der Waals surface area contributed by atoms with Crippen LogP contribution in [0.25, 0.3) is 0 Å². The molecule has 0 aliphatic carbocycles. The molecule has 0 aromatic heterocycles. The third-order valence-electron chi connectivity index (χ3n) is 4.06. The number of carboxylic acid groups (broad SMARTS) is 1. The molecule has 1 fully saturated rings. The second-order valence-electron chi connectivity index (χ2n) is 5.42. The van der Waals surface area contributed by atoms with Gasteiger partial charge in [-0.25, -0.2) is 4.79 Å². The molecule has 2 aliphatic rings. The lowest BCUT2D eigenvalue weighted by molar-refractivity contribution is -0.142. The molecule has 0 saturated carbocycles.